The molecule has 0 fully saturated rings. The number of hydrogen-bond donors (Lipinski definition) is 2. The molecule has 0 saturated heterocycles. The topological polar surface area (TPSA) is 46.2 Å². The highest BCUT2D eigenvalue weighted by atomic mass is 32.2. The summed E-state index contributed by atoms with van der Waals surface area (Å²) in [4.78, 5) is 1.22. The second kappa shape index (κ2) is 5.71. The van der Waals surface area contributed by atoms with Gasteiger partial charge < -0.3 is 10.8 Å². The van der Waals surface area contributed by atoms with Gasteiger partial charge in [0, 0.05) is 16.7 Å². The zero-order valence-electron chi connectivity index (χ0n) is 10.2. The first kappa shape index (κ1) is 13.6. The molecule has 0 aliphatic carbocycles. The van der Waals surface area contributed by atoms with E-state index in [1.807, 2.05) is 32.9 Å². The fourth-order valence-corrected chi connectivity index (χ4v) is 2.54. The largest absolute Gasteiger partial charge is 0.390 e. The molecule has 90 valence electrons. The van der Waals surface area contributed by atoms with Crippen LogP contribution in [0.15, 0.2) is 29.2 Å². The van der Waals surface area contributed by atoms with Crippen LogP contribution < -0.4 is 5.73 Å². The second-order valence-electron chi connectivity index (χ2n) is 4.77. The molecule has 2 nitrogen and oxygen atoms in total. The molecule has 0 aliphatic heterocycles. The molecule has 1 unspecified atom stereocenters. The summed E-state index contributed by atoms with van der Waals surface area (Å²) in [5.74, 6) is 0.923. The van der Waals surface area contributed by atoms with Crippen molar-refractivity contribution >= 4 is 11.8 Å². The molecule has 0 aromatic heterocycles. The molecule has 1 aromatic rings. The van der Waals surface area contributed by atoms with Crippen molar-refractivity contribution in [3.05, 3.63) is 29.8 Å². The molecule has 16 heavy (non-hydrogen) atoms. The molecular weight excluding hydrogens is 218 g/mol. The van der Waals surface area contributed by atoms with Crippen molar-refractivity contribution in [1.29, 1.82) is 0 Å². The Kier molecular flexibility index (Phi) is 4.84. The lowest BCUT2D eigenvalue weighted by Gasteiger charge is -2.16. The maximum atomic E-state index is 9.61. The SMILES string of the molecule is CC(N)c1cccc(SCCC(C)(C)O)c1. The van der Waals surface area contributed by atoms with Gasteiger partial charge in [0.25, 0.3) is 0 Å². The molecule has 3 N–H and O–H groups in total. The predicted octanol–water partition coefficient (Wildman–Crippen LogP) is 2.96. The van der Waals surface area contributed by atoms with Crippen LogP contribution in [-0.4, -0.2) is 16.5 Å². The summed E-state index contributed by atoms with van der Waals surface area (Å²) in [7, 11) is 0. The van der Waals surface area contributed by atoms with Crippen molar-refractivity contribution in [3.63, 3.8) is 0 Å². The molecule has 0 amide bonds. The monoisotopic (exact) mass is 239 g/mol. The minimum atomic E-state index is -0.578. The molecule has 0 heterocycles. The highest BCUT2D eigenvalue weighted by Crippen LogP contribution is 2.24. The van der Waals surface area contributed by atoms with E-state index in [-0.39, 0.29) is 6.04 Å². The maximum absolute atomic E-state index is 9.61. The van der Waals surface area contributed by atoms with Gasteiger partial charge in [-0.2, -0.15) is 0 Å². The van der Waals surface area contributed by atoms with Gasteiger partial charge in [0.2, 0.25) is 0 Å². The number of thioether (sulfide) groups is 1. The van der Waals surface area contributed by atoms with Gasteiger partial charge in [-0.05, 0) is 44.9 Å². The molecule has 0 bridgehead atoms. The summed E-state index contributed by atoms with van der Waals surface area (Å²) < 4.78 is 0. The van der Waals surface area contributed by atoms with E-state index < -0.39 is 5.60 Å². The molecule has 0 saturated carbocycles. The van der Waals surface area contributed by atoms with Gasteiger partial charge in [0.05, 0.1) is 5.60 Å². The Hall–Kier alpha value is -0.510. The summed E-state index contributed by atoms with van der Waals surface area (Å²) in [5.41, 5.74) is 6.41. The smallest absolute Gasteiger partial charge is 0.0599 e. The van der Waals surface area contributed by atoms with Crippen molar-refractivity contribution in [1.82, 2.24) is 0 Å². The number of rotatable bonds is 5. The Bertz CT molecular complexity index is 331. The van der Waals surface area contributed by atoms with Crippen LogP contribution in [0.1, 0.15) is 38.8 Å². The van der Waals surface area contributed by atoms with E-state index in [1.165, 1.54) is 4.90 Å². The third-order valence-electron chi connectivity index (χ3n) is 2.37. The van der Waals surface area contributed by atoms with Crippen LogP contribution in [0, 0.1) is 0 Å². The summed E-state index contributed by atoms with van der Waals surface area (Å²) in [6.07, 6.45) is 0.792. The van der Waals surface area contributed by atoms with Crippen molar-refractivity contribution in [2.24, 2.45) is 5.73 Å². The Morgan fingerprint density at radius 2 is 2.12 bits per heavy atom. The van der Waals surface area contributed by atoms with E-state index in [1.54, 1.807) is 11.8 Å². The van der Waals surface area contributed by atoms with Crippen LogP contribution in [0.3, 0.4) is 0 Å². The molecule has 1 aromatic carbocycles. The van der Waals surface area contributed by atoms with Gasteiger partial charge in [-0.3, -0.25) is 0 Å². The standard InChI is InChI=1S/C13H21NOS/c1-10(14)11-5-4-6-12(9-11)16-8-7-13(2,3)15/h4-6,9-10,15H,7-8,14H2,1-3H3. The van der Waals surface area contributed by atoms with Crippen LogP contribution in [0.2, 0.25) is 0 Å². The third-order valence-corrected chi connectivity index (χ3v) is 3.36. The third kappa shape index (κ3) is 5.01. The Morgan fingerprint density at radius 3 is 2.69 bits per heavy atom. The molecule has 0 aliphatic rings. The molecular formula is C13H21NOS. The lowest BCUT2D eigenvalue weighted by Crippen LogP contribution is -2.19. The van der Waals surface area contributed by atoms with Gasteiger partial charge in [-0.15, -0.1) is 11.8 Å². The molecule has 3 heteroatoms. The number of hydrogen-bond acceptors (Lipinski definition) is 3. The van der Waals surface area contributed by atoms with Gasteiger partial charge in [-0.25, -0.2) is 0 Å². The highest BCUT2D eigenvalue weighted by molar-refractivity contribution is 7.99. The highest BCUT2D eigenvalue weighted by Gasteiger charge is 2.11. The van der Waals surface area contributed by atoms with Gasteiger partial charge in [-0.1, -0.05) is 12.1 Å². The van der Waals surface area contributed by atoms with Crippen molar-refractivity contribution in [2.45, 2.75) is 43.7 Å². The average molecular weight is 239 g/mol. The lowest BCUT2D eigenvalue weighted by molar-refractivity contribution is 0.0778. The van der Waals surface area contributed by atoms with Crippen molar-refractivity contribution in [3.8, 4) is 0 Å². The first-order valence-corrected chi connectivity index (χ1v) is 6.58. The average Bonchev–Trinajstić information content (AvgIpc) is 2.16. The number of nitrogens with two attached hydrogens (primary N) is 1. The summed E-state index contributed by atoms with van der Waals surface area (Å²) in [6, 6.07) is 8.37. The number of benzene rings is 1. The van der Waals surface area contributed by atoms with Crippen LogP contribution in [-0.2, 0) is 0 Å². The van der Waals surface area contributed by atoms with Crippen LogP contribution in [0.25, 0.3) is 0 Å². The zero-order chi connectivity index (χ0) is 12.2. The van der Waals surface area contributed by atoms with E-state index in [0.29, 0.717) is 0 Å². The first-order valence-electron chi connectivity index (χ1n) is 5.59. The molecule has 1 atom stereocenters. The summed E-state index contributed by atoms with van der Waals surface area (Å²) >= 11 is 1.76. The van der Waals surface area contributed by atoms with Gasteiger partial charge in [0.1, 0.15) is 0 Å². The normalized spacial score (nSPS) is 13.8. The van der Waals surface area contributed by atoms with E-state index in [9.17, 15) is 5.11 Å². The molecule has 0 radical (unpaired) electrons. The summed E-state index contributed by atoms with van der Waals surface area (Å²) in [6.45, 7) is 5.67. The quantitative estimate of drug-likeness (QED) is 0.777. The van der Waals surface area contributed by atoms with E-state index in [2.05, 4.69) is 12.1 Å². The maximum Gasteiger partial charge on any atom is 0.0599 e. The Morgan fingerprint density at radius 1 is 1.44 bits per heavy atom. The van der Waals surface area contributed by atoms with Crippen molar-refractivity contribution < 1.29 is 5.11 Å². The zero-order valence-corrected chi connectivity index (χ0v) is 11.1. The Balaban J connectivity index is 2.51. The second-order valence-corrected chi connectivity index (χ2v) is 5.94. The Labute approximate surface area is 102 Å². The minimum Gasteiger partial charge on any atom is -0.390 e. The first-order chi connectivity index (χ1) is 7.38. The van der Waals surface area contributed by atoms with E-state index in [0.717, 1.165) is 17.7 Å². The van der Waals surface area contributed by atoms with Crippen LogP contribution in [0.4, 0.5) is 0 Å². The van der Waals surface area contributed by atoms with Gasteiger partial charge in [0.15, 0.2) is 0 Å². The molecule has 1 rings (SSSR count). The number of aliphatic hydroxyl groups is 1. The van der Waals surface area contributed by atoms with E-state index in [4.69, 9.17) is 5.73 Å². The van der Waals surface area contributed by atoms with Gasteiger partial charge >= 0.3 is 0 Å². The fraction of sp³-hybridized carbons (Fsp3) is 0.538. The molecule has 0 spiro atoms. The van der Waals surface area contributed by atoms with Crippen LogP contribution in [0.5, 0.6) is 0 Å². The van der Waals surface area contributed by atoms with Crippen molar-refractivity contribution in [2.75, 3.05) is 5.75 Å². The summed E-state index contributed by atoms with van der Waals surface area (Å²) in [5, 5.41) is 9.61. The van der Waals surface area contributed by atoms with Crippen LogP contribution >= 0.6 is 11.8 Å². The van der Waals surface area contributed by atoms with E-state index >= 15 is 0 Å². The minimum absolute atomic E-state index is 0.0785. The predicted molar refractivity (Wildman–Crippen MR) is 70.7 cm³/mol. The lowest BCUT2D eigenvalue weighted by atomic mass is 10.1. The fourth-order valence-electron chi connectivity index (χ4n) is 1.31.